The summed E-state index contributed by atoms with van der Waals surface area (Å²) in [7, 11) is 0. The zero-order valence-electron chi connectivity index (χ0n) is 14.8. The van der Waals surface area contributed by atoms with Crippen LogP contribution >= 0.6 is 11.8 Å². The monoisotopic (exact) mass is 370 g/mol. The van der Waals surface area contributed by atoms with Crippen molar-refractivity contribution in [2.75, 3.05) is 0 Å². The van der Waals surface area contributed by atoms with Crippen LogP contribution in [-0.4, -0.2) is 15.7 Å². The van der Waals surface area contributed by atoms with Crippen molar-refractivity contribution in [3.8, 4) is 17.2 Å². The Hall–Kier alpha value is -1.84. The van der Waals surface area contributed by atoms with Crippen molar-refractivity contribution in [1.82, 2.24) is 4.98 Å². The Labute approximate surface area is 178 Å². The van der Waals surface area contributed by atoms with Gasteiger partial charge in [0.25, 0.3) is 0 Å². The summed E-state index contributed by atoms with van der Waals surface area (Å²) in [5, 5.41) is 22.5. The Bertz CT molecular complexity index is 1010. The van der Waals surface area contributed by atoms with Gasteiger partial charge in [0.2, 0.25) is 0 Å². The molecule has 0 aliphatic rings. The van der Waals surface area contributed by atoms with Gasteiger partial charge in [-0.2, -0.15) is 5.26 Å². The van der Waals surface area contributed by atoms with E-state index in [0.717, 1.165) is 26.8 Å². The first-order valence-corrected chi connectivity index (χ1v) is 8.52. The molecule has 3 aromatic rings. The Morgan fingerprint density at radius 3 is 2.46 bits per heavy atom. The molecule has 26 heavy (non-hydrogen) atoms. The molecule has 0 aliphatic heterocycles. The third-order valence-electron chi connectivity index (χ3n) is 3.97. The third kappa shape index (κ3) is 3.94. The van der Waals surface area contributed by atoms with Crippen LogP contribution in [0.4, 0.5) is 0 Å². The smallest absolute Gasteiger partial charge is 0.549 e. The van der Waals surface area contributed by atoms with Gasteiger partial charge in [0.1, 0.15) is 0 Å². The van der Waals surface area contributed by atoms with Gasteiger partial charge in [-0.05, 0) is 36.9 Å². The Kier molecular flexibility index (Phi) is 6.48. The summed E-state index contributed by atoms with van der Waals surface area (Å²) in [4.78, 5) is 16.4. The average Bonchev–Trinajstić information content (AvgIpc) is 2.61. The number of carbonyl (C=O) groups excluding carboxylic acids is 1. The Balaban J connectivity index is 0.00000243. The van der Waals surface area contributed by atoms with Crippen molar-refractivity contribution >= 4 is 28.5 Å². The number of fused-ring (bicyclic) bond motifs is 1. The number of benzene rings is 2. The van der Waals surface area contributed by atoms with Crippen molar-refractivity contribution in [1.29, 1.82) is 5.26 Å². The first-order valence-electron chi connectivity index (χ1n) is 7.71. The molecule has 1 aromatic heterocycles. The minimum absolute atomic E-state index is 0. The van der Waals surface area contributed by atoms with Gasteiger partial charge in [0, 0.05) is 28.2 Å². The van der Waals surface area contributed by atoms with Crippen LogP contribution in [0, 0.1) is 11.3 Å². The van der Waals surface area contributed by atoms with Crippen molar-refractivity contribution in [2.45, 2.75) is 23.5 Å². The number of hydrogen-bond donors (Lipinski definition) is 0. The number of hydrogen-bond acceptors (Lipinski definition) is 5. The van der Waals surface area contributed by atoms with E-state index in [4.69, 9.17) is 0 Å². The van der Waals surface area contributed by atoms with Crippen LogP contribution in [-0.2, 0) is 4.79 Å². The maximum absolute atomic E-state index is 11.4. The molecular weight excluding hydrogens is 355 g/mol. The van der Waals surface area contributed by atoms with Crippen molar-refractivity contribution in [3.05, 3.63) is 60.4 Å². The number of rotatable bonds is 4. The van der Waals surface area contributed by atoms with Crippen LogP contribution in [0.3, 0.4) is 0 Å². The molecule has 124 valence electrons. The number of thioether (sulfide) groups is 1. The zero-order chi connectivity index (χ0) is 18.0. The van der Waals surface area contributed by atoms with Gasteiger partial charge in [-0.3, -0.25) is 4.98 Å². The molecule has 0 amide bonds. The van der Waals surface area contributed by atoms with E-state index in [0.29, 0.717) is 5.56 Å². The molecule has 0 saturated heterocycles. The van der Waals surface area contributed by atoms with E-state index < -0.39 is 10.7 Å². The Morgan fingerprint density at radius 1 is 1.12 bits per heavy atom. The van der Waals surface area contributed by atoms with Gasteiger partial charge in [-0.15, -0.1) is 11.8 Å². The number of carboxylic acids is 1. The predicted octanol–water partition coefficient (Wildman–Crippen LogP) is 0.398. The second-order valence-electron chi connectivity index (χ2n) is 6.09. The fourth-order valence-corrected chi connectivity index (χ4v) is 3.66. The normalized spacial score (nSPS) is 10.8. The molecule has 0 atom stereocenters. The van der Waals surface area contributed by atoms with Crippen LogP contribution in [0.15, 0.2) is 59.8 Å². The van der Waals surface area contributed by atoms with Crippen LogP contribution in [0.25, 0.3) is 21.9 Å². The number of nitriles is 1. The number of aliphatic carboxylic acids is 1. The number of carbonyl (C=O) groups is 1. The summed E-state index contributed by atoms with van der Waals surface area (Å²) < 4.78 is -1.07. The molecule has 0 bridgehead atoms. The van der Waals surface area contributed by atoms with E-state index in [1.807, 2.05) is 30.3 Å². The van der Waals surface area contributed by atoms with Crippen LogP contribution < -0.4 is 34.7 Å². The second kappa shape index (κ2) is 8.24. The van der Waals surface area contributed by atoms with Gasteiger partial charge >= 0.3 is 29.6 Å². The molecule has 0 radical (unpaired) electrons. The summed E-state index contributed by atoms with van der Waals surface area (Å²) in [5.41, 5.74) is 2.36. The van der Waals surface area contributed by atoms with E-state index in [1.54, 1.807) is 38.4 Å². The van der Waals surface area contributed by atoms with Gasteiger partial charge in [0.05, 0.1) is 22.3 Å². The molecule has 0 fully saturated rings. The van der Waals surface area contributed by atoms with E-state index >= 15 is 0 Å². The van der Waals surface area contributed by atoms with E-state index in [2.05, 4.69) is 11.1 Å². The first-order chi connectivity index (χ1) is 11.9. The third-order valence-corrected chi connectivity index (χ3v) is 5.23. The van der Waals surface area contributed by atoms with Gasteiger partial charge in [0.15, 0.2) is 0 Å². The largest absolute Gasteiger partial charge is 1.00 e. The molecule has 0 unspecified atom stereocenters. The van der Waals surface area contributed by atoms with E-state index in [1.165, 1.54) is 11.8 Å². The van der Waals surface area contributed by atoms with Crippen LogP contribution in [0.5, 0.6) is 0 Å². The van der Waals surface area contributed by atoms with Gasteiger partial charge < -0.3 is 9.90 Å². The molecule has 1 heterocycles. The number of aromatic nitrogens is 1. The van der Waals surface area contributed by atoms with Crippen LogP contribution in [0.1, 0.15) is 19.4 Å². The summed E-state index contributed by atoms with van der Waals surface area (Å²) >= 11 is 1.23. The molecule has 6 heteroatoms. The second-order valence-corrected chi connectivity index (χ2v) is 7.75. The van der Waals surface area contributed by atoms with Gasteiger partial charge in [-0.1, -0.05) is 30.3 Å². The SMILES string of the molecule is CC(C)(Sc1ccncc1-c1ccc(C#N)c2ccccc12)C(=O)[O-].[Na+]. The fraction of sp³-hybridized carbons (Fsp3) is 0.150. The summed E-state index contributed by atoms with van der Waals surface area (Å²) in [6.07, 6.45) is 3.37. The minimum Gasteiger partial charge on any atom is -0.549 e. The van der Waals surface area contributed by atoms with Crippen molar-refractivity contribution in [3.63, 3.8) is 0 Å². The molecule has 4 nitrogen and oxygen atoms in total. The Morgan fingerprint density at radius 2 is 1.81 bits per heavy atom. The first kappa shape index (κ1) is 20.5. The standard InChI is InChI=1S/C20H16N2O2S.Na/c1-20(2,19(23)24)25-18-9-10-22-12-17(18)16-8-7-13(11-21)14-5-3-4-6-15(14)16;/h3-10,12H,1-2H3,(H,23,24);/q;+1/p-1. The molecule has 3 rings (SSSR count). The quantitative estimate of drug-likeness (QED) is 0.491. The summed E-state index contributed by atoms with van der Waals surface area (Å²) in [6, 6.07) is 15.4. The minimum atomic E-state index is -1.12. The zero-order valence-corrected chi connectivity index (χ0v) is 17.6. The molecular formula is C20H15N2NaO2S. The molecule has 0 N–H and O–H groups in total. The summed E-state index contributed by atoms with van der Waals surface area (Å²) in [6.45, 7) is 3.24. The van der Waals surface area contributed by atoms with Gasteiger partial charge in [-0.25, -0.2) is 0 Å². The number of pyridine rings is 1. The topological polar surface area (TPSA) is 76.8 Å². The average molecular weight is 370 g/mol. The molecule has 0 aliphatic carbocycles. The maximum atomic E-state index is 11.4. The molecule has 0 saturated carbocycles. The fourth-order valence-electron chi connectivity index (χ4n) is 2.62. The molecule has 0 spiro atoms. The number of carboxylic acid groups (broad SMARTS) is 1. The van der Waals surface area contributed by atoms with Crippen molar-refractivity contribution < 1.29 is 39.5 Å². The van der Waals surface area contributed by atoms with Crippen molar-refractivity contribution in [2.24, 2.45) is 0 Å². The van der Waals surface area contributed by atoms with E-state index in [-0.39, 0.29) is 29.6 Å². The van der Waals surface area contributed by atoms with E-state index in [9.17, 15) is 15.2 Å². The maximum Gasteiger partial charge on any atom is 1.00 e. The molecule has 2 aromatic carbocycles. The number of nitrogens with zero attached hydrogens (tertiary/aromatic N) is 2. The summed E-state index contributed by atoms with van der Waals surface area (Å²) in [5.74, 6) is -1.12. The predicted molar refractivity (Wildman–Crippen MR) is 96.8 cm³/mol. The van der Waals surface area contributed by atoms with Crippen LogP contribution in [0.2, 0.25) is 0 Å².